The number of hydrogen-bond acceptors (Lipinski definition) is 3. The molecule has 0 unspecified atom stereocenters. The molecule has 0 aliphatic carbocycles. The van der Waals surface area contributed by atoms with Crippen molar-refractivity contribution in [2.75, 3.05) is 0 Å². The van der Waals surface area contributed by atoms with Crippen molar-refractivity contribution in [3.8, 4) is 5.75 Å². The van der Waals surface area contributed by atoms with Gasteiger partial charge in [0.2, 0.25) is 0 Å². The first-order valence-electron chi connectivity index (χ1n) is 4.76. The monoisotopic (exact) mass is 227 g/mol. The van der Waals surface area contributed by atoms with E-state index >= 15 is 0 Å². The molecule has 0 amide bonds. The van der Waals surface area contributed by atoms with Gasteiger partial charge in [-0.2, -0.15) is 0 Å². The summed E-state index contributed by atoms with van der Waals surface area (Å²) in [4.78, 5) is 10.7. The molecule has 0 fully saturated rings. The third kappa shape index (κ3) is 3.80. The summed E-state index contributed by atoms with van der Waals surface area (Å²) in [7, 11) is 0. The van der Waals surface area contributed by atoms with Crippen molar-refractivity contribution in [2.24, 2.45) is 0 Å². The van der Waals surface area contributed by atoms with E-state index in [1.807, 2.05) is 6.92 Å². The van der Waals surface area contributed by atoms with Gasteiger partial charge in [0, 0.05) is 5.02 Å². The molecule has 1 aromatic carbocycles. The predicted molar refractivity (Wildman–Crippen MR) is 55.8 cm³/mol. The van der Waals surface area contributed by atoms with Crippen LogP contribution in [0.2, 0.25) is 5.02 Å². The number of carboxylic acids is 1. The van der Waals surface area contributed by atoms with Crippen LogP contribution >= 0.6 is 11.6 Å². The predicted octanol–water partition coefficient (Wildman–Crippen LogP) is 1.64. The van der Waals surface area contributed by atoms with Gasteiger partial charge in [-0.05, 0) is 30.7 Å². The number of halogens is 1. The summed E-state index contributed by atoms with van der Waals surface area (Å²) in [6.07, 6.45) is 0.271. The zero-order valence-electron chi connectivity index (χ0n) is 8.40. The number of aliphatic carboxylic acids is 1. The van der Waals surface area contributed by atoms with E-state index in [1.165, 1.54) is 0 Å². The van der Waals surface area contributed by atoms with Gasteiger partial charge in [0.15, 0.2) is 0 Å². The molecule has 0 N–H and O–H groups in total. The number of rotatable bonds is 5. The van der Waals surface area contributed by atoms with Crippen LogP contribution in [-0.4, -0.2) is 12.1 Å². The van der Waals surface area contributed by atoms with Crippen molar-refractivity contribution in [1.29, 1.82) is 0 Å². The average molecular weight is 228 g/mol. The first kappa shape index (κ1) is 11.9. The molecule has 1 rings (SSSR count). The molecular weight excluding hydrogens is 216 g/mol. The van der Waals surface area contributed by atoms with Gasteiger partial charge >= 0.3 is 0 Å². The van der Waals surface area contributed by atoms with E-state index in [9.17, 15) is 9.90 Å². The normalized spacial score (nSPS) is 12.1. The van der Waals surface area contributed by atoms with Gasteiger partial charge in [0.1, 0.15) is 11.9 Å². The van der Waals surface area contributed by atoms with Crippen LogP contribution in [0, 0.1) is 0 Å². The molecule has 15 heavy (non-hydrogen) atoms. The van der Waals surface area contributed by atoms with Crippen LogP contribution in [0.5, 0.6) is 5.75 Å². The largest absolute Gasteiger partial charge is 0.546 e. The van der Waals surface area contributed by atoms with Crippen molar-refractivity contribution < 1.29 is 14.6 Å². The Labute approximate surface area is 93.6 Å². The quantitative estimate of drug-likeness (QED) is 0.768. The number of carbonyl (C=O) groups excluding carboxylic acids is 1. The van der Waals surface area contributed by atoms with E-state index < -0.39 is 12.1 Å². The smallest absolute Gasteiger partial charge is 0.138 e. The highest BCUT2D eigenvalue weighted by atomic mass is 35.5. The van der Waals surface area contributed by atoms with Crippen molar-refractivity contribution in [3.05, 3.63) is 29.3 Å². The van der Waals surface area contributed by atoms with Crippen molar-refractivity contribution in [2.45, 2.75) is 25.9 Å². The Hall–Kier alpha value is -1.22. The van der Waals surface area contributed by atoms with E-state index in [1.54, 1.807) is 24.3 Å². The molecule has 0 spiro atoms. The Morgan fingerprint density at radius 2 is 2.07 bits per heavy atom. The minimum Gasteiger partial charge on any atom is -0.546 e. The highest BCUT2D eigenvalue weighted by molar-refractivity contribution is 6.30. The Morgan fingerprint density at radius 1 is 1.47 bits per heavy atom. The van der Waals surface area contributed by atoms with Gasteiger partial charge < -0.3 is 14.6 Å². The number of ether oxygens (including phenoxy) is 1. The lowest BCUT2D eigenvalue weighted by atomic mass is 10.2. The first-order valence-corrected chi connectivity index (χ1v) is 5.14. The second-order valence-electron chi connectivity index (χ2n) is 3.17. The van der Waals surface area contributed by atoms with Crippen LogP contribution in [0.25, 0.3) is 0 Å². The van der Waals surface area contributed by atoms with Crippen molar-refractivity contribution in [1.82, 2.24) is 0 Å². The fraction of sp³-hybridized carbons (Fsp3) is 0.364. The topological polar surface area (TPSA) is 49.4 Å². The fourth-order valence-electron chi connectivity index (χ4n) is 1.16. The van der Waals surface area contributed by atoms with Crippen LogP contribution in [0.3, 0.4) is 0 Å². The van der Waals surface area contributed by atoms with Crippen LogP contribution in [0.1, 0.15) is 19.8 Å². The molecule has 0 bridgehead atoms. The van der Waals surface area contributed by atoms with Gasteiger partial charge in [-0.15, -0.1) is 0 Å². The summed E-state index contributed by atoms with van der Waals surface area (Å²) < 4.78 is 5.25. The number of benzene rings is 1. The van der Waals surface area contributed by atoms with Gasteiger partial charge in [-0.1, -0.05) is 24.9 Å². The van der Waals surface area contributed by atoms with Gasteiger partial charge in [-0.25, -0.2) is 0 Å². The summed E-state index contributed by atoms with van der Waals surface area (Å²) >= 11 is 5.69. The summed E-state index contributed by atoms with van der Waals surface area (Å²) in [5.41, 5.74) is 0. The van der Waals surface area contributed by atoms with Crippen LogP contribution < -0.4 is 9.84 Å². The lowest BCUT2D eigenvalue weighted by molar-refractivity contribution is -0.313. The third-order valence-electron chi connectivity index (χ3n) is 1.91. The molecule has 0 aliphatic heterocycles. The zero-order chi connectivity index (χ0) is 11.3. The number of hydrogen-bond donors (Lipinski definition) is 0. The van der Waals surface area contributed by atoms with E-state index in [0.717, 1.165) is 6.42 Å². The molecule has 0 heterocycles. The molecule has 1 aromatic rings. The molecule has 1 atom stereocenters. The van der Waals surface area contributed by atoms with Crippen LogP contribution in [0.4, 0.5) is 0 Å². The Kier molecular flexibility index (Phi) is 4.43. The highest BCUT2D eigenvalue weighted by Crippen LogP contribution is 2.17. The van der Waals surface area contributed by atoms with Gasteiger partial charge in [0.05, 0.1) is 5.97 Å². The fourth-order valence-corrected chi connectivity index (χ4v) is 1.29. The molecular formula is C11H12ClO3-. The van der Waals surface area contributed by atoms with E-state index in [2.05, 4.69) is 0 Å². The Balaban J connectivity index is 2.65. The van der Waals surface area contributed by atoms with Gasteiger partial charge in [-0.3, -0.25) is 0 Å². The van der Waals surface area contributed by atoms with Crippen LogP contribution in [0.15, 0.2) is 24.3 Å². The maximum absolute atomic E-state index is 10.7. The van der Waals surface area contributed by atoms with Crippen molar-refractivity contribution in [3.63, 3.8) is 0 Å². The standard InChI is InChI=1S/C11H13ClO3/c1-2-3-10(11(13)14)15-9-6-4-8(12)5-7-9/h4-7,10H,2-3H2,1H3,(H,13,14)/p-1/t10-/m0/s1. The molecule has 0 radical (unpaired) electrons. The molecule has 0 aromatic heterocycles. The second kappa shape index (κ2) is 5.61. The molecule has 0 saturated heterocycles. The zero-order valence-corrected chi connectivity index (χ0v) is 9.16. The minimum absolute atomic E-state index is 0.435. The molecule has 82 valence electrons. The molecule has 0 saturated carbocycles. The number of carbonyl (C=O) groups is 1. The van der Waals surface area contributed by atoms with Crippen molar-refractivity contribution >= 4 is 17.6 Å². The third-order valence-corrected chi connectivity index (χ3v) is 2.16. The summed E-state index contributed by atoms with van der Waals surface area (Å²) in [6, 6.07) is 6.56. The summed E-state index contributed by atoms with van der Waals surface area (Å²) in [5, 5.41) is 11.3. The van der Waals surface area contributed by atoms with Crippen LogP contribution in [-0.2, 0) is 4.79 Å². The Bertz CT molecular complexity index is 321. The SMILES string of the molecule is CCC[C@H](Oc1ccc(Cl)cc1)C(=O)[O-]. The molecule has 3 nitrogen and oxygen atoms in total. The lowest BCUT2D eigenvalue weighted by Gasteiger charge is -2.19. The minimum atomic E-state index is -1.19. The van der Waals surface area contributed by atoms with Gasteiger partial charge in [0.25, 0.3) is 0 Å². The van der Waals surface area contributed by atoms with E-state index in [-0.39, 0.29) is 0 Å². The van der Waals surface area contributed by atoms with E-state index in [0.29, 0.717) is 17.2 Å². The maximum Gasteiger partial charge on any atom is 0.138 e. The number of carboxylic acid groups (broad SMARTS) is 1. The Morgan fingerprint density at radius 3 is 2.53 bits per heavy atom. The summed E-state index contributed by atoms with van der Waals surface area (Å²) in [5.74, 6) is -0.700. The summed E-state index contributed by atoms with van der Waals surface area (Å²) in [6.45, 7) is 1.89. The molecule has 4 heteroatoms. The highest BCUT2D eigenvalue weighted by Gasteiger charge is 2.10. The lowest BCUT2D eigenvalue weighted by Crippen LogP contribution is -2.39. The second-order valence-corrected chi connectivity index (χ2v) is 3.60. The average Bonchev–Trinajstić information content (AvgIpc) is 2.20. The molecule has 0 aliphatic rings. The van der Waals surface area contributed by atoms with E-state index in [4.69, 9.17) is 16.3 Å². The first-order chi connectivity index (χ1) is 7.13. The maximum atomic E-state index is 10.7.